The lowest BCUT2D eigenvalue weighted by molar-refractivity contribution is 0.0673. The van der Waals surface area contributed by atoms with Crippen molar-refractivity contribution < 1.29 is 19.0 Å². The Balaban J connectivity index is 1.91. The predicted octanol–water partition coefficient (Wildman–Crippen LogP) is 4.50. The van der Waals surface area contributed by atoms with Crippen molar-refractivity contribution >= 4 is 5.78 Å². The molecule has 0 amide bonds. The van der Waals surface area contributed by atoms with Crippen LogP contribution in [0.5, 0.6) is 5.75 Å². The summed E-state index contributed by atoms with van der Waals surface area (Å²) < 4.78 is 18.8. The van der Waals surface area contributed by atoms with Crippen molar-refractivity contribution in [3.05, 3.63) is 65.5 Å². The maximum Gasteiger partial charge on any atom is 0.166 e. The van der Waals surface area contributed by atoms with Gasteiger partial charge in [0, 0.05) is 13.0 Å². The van der Waals surface area contributed by atoms with E-state index in [1.165, 1.54) is 12.1 Å². The van der Waals surface area contributed by atoms with Crippen LogP contribution in [0.3, 0.4) is 0 Å². The Morgan fingerprint density at radius 3 is 2.38 bits per heavy atom. The van der Waals surface area contributed by atoms with E-state index in [-0.39, 0.29) is 18.2 Å². The Morgan fingerprint density at radius 2 is 1.72 bits per heavy atom. The number of carbonyl (C=O) groups is 1. The van der Waals surface area contributed by atoms with Gasteiger partial charge in [-0.2, -0.15) is 0 Å². The average molecular weight is 402 g/mol. The fraction of sp³-hybridized carbons (Fsp3) is 0.458. The predicted molar refractivity (Wildman–Crippen MR) is 114 cm³/mol. The van der Waals surface area contributed by atoms with E-state index in [0.29, 0.717) is 30.7 Å². The molecule has 2 aromatic carbocycles. The zero-order valence-electron chi connectivity index (χ0n) is 17.4. The number of rotatable bonds is 13. The highest BCUT2D eigenvalue weighted by Crippen LogP contribution is 2.21. The van der Waals surface area contributed by atoms with Crippen LogP contribution in [0, 0.1) is 5.82 Å². The first-order valence-electron chi connectivity index (χ1n) is 10.4. The van der Waals surface area contributed by atoms with E-state index in [0.717, 1.165) is 31.5 Å². The Hall–Kier alpha value is -2.24. The Bertz CT molecular complexity index is 742. The molecule has 4 nitrogen and oxygen atoms in total. The zero-order valence-corrected chi connectivity index (χ0v) is 17.4. The van der Waals surface area contributed by atoms with Gasteiger partial charge in [-0.1, -0.05) is 38.1 Å². The Labute approximate surface area is 173 Å². The maximum atomic E-state index is 13.0. The van der Waals surface area contributed by atoms with E-state index in [1.807, 2.05) is 6.07 Å². The van der Waals surface area contributed by atoms with Gasteiger partial charge >= 0.3 is 0 Å². The molecule has 0 spiro atoms. The smallest absolute Gasteiger partial charge is 0.166 e. The van der Waals surface area contributed by atoms with E-state index < -0.39 is 6.10 Å². The molecule has 1 N–H and O–H groups in total. The molecule has 0 saturated carbocycles. The summed E-state index contributed by atoms with van der Waals surface area (Å²) in [5.74, 6) is 0.181. The first-order chi connectivity index (χ1) is 14.0. The van der Waals surface area contributed by atoms with Gasteiger partial charge in [0.15, 0.2) is 5.78 Å². The molecule has 0 heterocycles. The Kier molecular flexibility index (Phi) is 9.81. The number of halogens is 1. The number of Topliss-reactive ketones (excluding diaryl/α,β-unsaturated/α-hetero) is 1. The second kappa shape index (κ2) is 12.3. The molecule has 2 rings (SSSR count). The molecule has 0 aliphatic carbocycles. The van der Waals surface area contributed by atoms with E-state index in [4.69, 9.17) is 4.74 Å². The molecular weight excluding hydrogens is 369 g/mol. The fourth-order valence-electron chi connectivity index (χ4n) is 3.33. The van der Waals surface area contributed by atoms with Gasteiger partial charge in [0.05, 0.1) is 5.56 Å². The minimum absolute atomic E-state index is 0.0296. The fourth-order valence-corrected chi connectivity index (χ4v) is 3.33. The molecule has 1 atom stereocenters. The summed E-state index contributed by atoms with van der Waals surface area (Å²) in [6.45, 7) is 6.85. The molecule has 0 saturated heterocycles. The van der Waals surface area contributed by atoms with Gasteiger partial charge in [0.25, 0.3) is 0 Å². The molecule has 29 heavy (non-hydrogen) atoms. The van der Waals surface area contributed by atoms with E-state index in [1.54, 1.807) is 30.3 Å². The molecule has 0 aliphatic heterocycles. The number of benzene rings is 2. The van der Waals surface area contributed by atoms with E-state index in [2.05, 4.69) is 18.7 Å². The van der Waals surface area contributed by atoms with Crippen LogP contribution in [0.15, 0.2) is 48.5 Å². The number of hydrogen-bond acceptors (Lipinski definition) is 4. The maximum absolute atomic E-state index is 13.0. The third-order valence-corrected chi connectivity index (χ3v) is 4.72. The molecule has 5 heteroatoms. The number of aliphatic hydroxyl groups is 1. The lowest BCUT2D eigenvalue weighted by atomic mass is 10.0. The summed E-state index contributed by atoms with van der Waals surface area (Å²) in [7, 11) is 0. The van der Waals surface area contributed by atoms with Crippen molar-refractivity contribution in [3.8, 4) is 5.75 Å². The topological polar surface area (TPSA) is 49.8 Å². The molecule has 158 valence electrons. The number of hydrogen-bond donors (Lipinski definition) is 1. The second-order valence-electron chi connectivity index (χ2n) is 7.31. The number of nitrogens with zero attached hydrogens (tertiary/aromatic N) is 1. The number of carbonyl (C=O) groups excluding carboxylic acids is 1. The number of aryl methyl sites for hydroxylation is 1. The highest BCUT2D eigenvalue weighted by molar-refractivity contribution is 5.98. The van der Waals surface area contributed by atoms with Crippen LogP contribution in [0.25, 0.3) is 0 Å². The summed E-state index contributed by atoms with van der Waals surface area (Å²) in [5.41, 5.74) is 1.43. The van der Waals surface area contributed by atoms with Crippen LogP contribution in [-0.4, -0.2) is 48.1 Å². The number of para-hydroxylation sites is 1. The van der Waals surface area contributed by atoms with Crippen LogP contribution in [0.2, 0.25) is 0 Å². The van der Waals surface area contributed by atoms with E-state index >= 15 is 0 Å². The normalized spacial score (nSPS) is 12.2. The van der Waals surface area contributed by atoms with Gasteiger partial charge in [-0.05, 0) is 62.2 Å². The first kappa shape index (κ1) is 23.0. The first-order valence-corrected chi connectivity index (χ1v) is 10.4. The van der Waals surface area contributed by atoms with Gasteiger partial charge in [-0.25, -0.2) is 4.39 Å². The SMILES string of the molecule is CCCN(CCC)CC(O)COc1ccccc1C(=O)CCc1ccc(F)cc1. The van der Waals surface area contributed by atoms with Crippen molar-refractivity contribution in [2.24, 2.45) is 0 Å². The van der Waals surface area contributed by atoms with Crippen molar-refractivity contribution in [1.29, 1.82) is 0 Å². The largest absolute Gasteiger partial charge is 0.490 e. The quantitative estimate of drug-likeness (QED) is 0.502. The molecule has 1 unspecified atom stereocenters. The number of aliphatic hydroxyl groups excluding tert-OH is 1. The van der Waals surface area contributed by atoms with Crippen LogP contribution < -0.4 is 4.74 Å². The molecule has 2 aromatic rings. The van der Waals surface area contributed by atoms with Gasteiger partial charge in [0.1, 0.15) is 24.3 Å². The van der Waals surface area contributed by atoms with Crippen LogP contribution in [0.1, 0.15) is 49.0 Å². The minimum Gasteiger partial charge on any atom is -0.490 e. The second-order valence-corrected chi connectivity index (χ2v) is 7.31. The van der Waals surface area contributed by atoms with Crippen molar-refractivity contribution in [2.75, 3.05) is 26.2 Å². The molecule has 0 radical (unpaired) electrons. The number of ether oxygens (including phenoxy) is 1. The number of ketones is 1. The third kappa shape index (κ3) is 7.95. The lowest BCUT2D eigenvalue weighted by Gasteiger charge is -2.24. The van der Waals surface area contributed by atoms with Crippen molar-refractivity contribution in [3.63, 3.8) is 0 Å². The standard InChI is InChI=1S/C24H32FNO3/c1-3-15-26(16-4-2)17-21(27)18-29-24-8-6-5-7-22(24)23(28)14-11-19-9-12-20(25)13-10-19/h5-10,12-13,21,27H,3-4,11,14-18H2,1-2H3. The third-order valence-electron chi connectivity index (χ3n) is 4.72. The van der Waals surface area contributed by atoms with Gasteiger partial charge in [0.2, 0.25) is 0 Å². The van der Waals surface area contributed by atoms with Gasteiger partial charge in [-0.15, -0.1) is 0 Å². The summed E-state index contributed by atoms with van der Waals surface area (Å²) in [6, 6.07) is 13.3. The van der Waals surface area contributed by atoms with Crippen molar-refractivity contribution in [2.45, 2.75) is 45.6 Å². The van der Waals surface area contributed by atoms with Crippen LogP contribution in [0.4, 0.5) is 4.39 Å². The molecule has 0 bridgehead atoms. The average Bonchev–Trinajstić information content (AvgIpc) is 2.72. The lowest BCUT2D eigenvalue weighted by Crippen LogP contribution is -2.36. The van der Waals surface area contributed by atoms with Gasteiger partial charge in [-0.3, -0.25) is 4.79 Å². The molecule has 0 aromatic heterocycles. The molecular formula is C24H32FNO3. The molecule has 0 fully saturated rings. The highest BCUT2D eigenvalue weighted by atomic mass is 19.1. The zero-order chi connectivity index (χ0) is 21.1. The summed E-state index contributed by atoms with van der Waals surface area (Å²) >= 11 is 0. The van der Waals surface area contributed by atoms with Crippen LogP contribution >= 0.6 is 0 Å². The van der Waals surface area contributed by atoms with Gasteiger partial charge < -0.3 is 14.7 Å². The van der Waals surface area contributed by atoms with Crippen LogP contribution in [-0.2, 0) is 6.42 Å². The van der Waals surface area contributed by atoms with Crippen molar-refractivity contribution in [1.82, 2.24) is 4.90 Å². The summed E-state index contributed by atoms with van der Waals surface area (Å²) in [4.78, 5) is 14.9. The molecule has 0 aliphatic rings. The highest BCUT2D eigenvalue weighted by Gasteiger charge is 2.15. The monoisotopic (exact) mass is 401 g/mol. The summed E-state index contributed by atoms with van der Waals surface area (Å²) in [6.07, 6.45) is 2.32. The Morgan fingerprint density at radius 1 is 1.07 bits per heavy atom. The van der Waals surface area contributed by atoms with E-state index in [9.17, 15) is 14.3 Å². The summed E-state index contributed by atoms with van der Waals surface area (Å²) in [5, 5.41) is 10.4. The minimum atomic E-state index is -0.615.